The first-order chi connectivity index (χ1) is 5.79. The molecule has 1 atom stereocenters. The number of hydrogen-bond donors (Lipinski definition) is 0. The van der Waals surface area contributed by atoms with E-state index in [4.69, 9.17) is 0 Å². The van der Waals surface area contributed by atoms with Gasteiger partial charge in [-0.05, 0) is 48.1 Å². The van der Waals surface area contributed by atoms with Gasteiger partial charge in [0.1, 0.15) is 0 Å². The van der Waals surface area contributed by atoms with Gasteiger partial charge in [-0.2, -0.15) is 0 Å². The average Bonchev–Trinajstić information content (AvgIpc) is 2.49. The lowest BCUT2D eigenvalue weighted by molar-refractivity contribution is 0.437. The largest absolute Gasteiger partial charge is 0.149 e. The molecule has 0 bridgehead atoms. The second kappa shape index (κ2) is 3.21. The van der Waals surface area contributed by atoms with Crippen LogP contribution in [-0.4, -0.2) is 0 Å². The third kappa shape index (κ3) is 1.31. The van der Waals surface area contributed by atoms with Crippen molar-refractivity contribution < 1.29 is 0 Å². The summed E-state index contributed by atoms with van der Waals surface area (Å²) in [4.78, 5) is 1.65. The monoisotopic (exact) mass is 180 g/mol. The van der Waals surface area contributed by atoms with E-state index in [2.05, 4.69) is 25.3 Å². The van der Waals surface area contributed by atoms with E-state index in [0.29, 0.717) is 0 Å². The SMILES string of the molecule is CC(C)C1CCCc2sccc21. The molecule has 12 heavy (non-hydrogen) atoms. The van der Waals surface area contributed by atoms with E-state index < -0.39 is 0 Å². The fourth-order valence-electron chi connectivity index (χ4n) is 2.21. The maximum absolute atomic E-state index is 2.34. The lowest BCUT2D eigenvalue weighted by Gasteiger charge is -2.25. The molecule has 66 valence electrons. The highest BCUT2D eigenvalue weighted by Gasteiger charge is 2.23. The van der Waals surface area contributed by atoms with Gasteiger partial charge in [-0.1, -0.05) is 13.8 Å². The Kier molecular flexibility index (Phi) is 2.22. The Morgan fingerprint density at radius 3 is 3.08 bits per heavy atom. The third-order valence-corrected chi connectivity index (χ3v) is 3.90. The maximum atomic E-state index is 2.34. The highest BCUT2D eigenvalue weighted by molar-refractivity contribution is 7.10. The van der Waals surface area contributed by atoms with Gasteiger partial charge in [0.25, 0.3) is 0 Å². The van der Waals surface area contributed by atoms with Crippen LogP contribution in [0.15, 0.2) is 11.4 Å². The van der Waals surface area contributed by atoms with Crippen molar-refractivity contribution in [3.8, 4) is 0 Å². The van der Waals surface area contributed by atoms with Crippen molar-refractivity contribution in [1.29, 1.82) is 0 Å². The summed E-state index contributed by atoms with van der Waals surface area (Å²) in [5, 5.41) is 2.26. The third-order valence-electron chi connectivity index (χ3n) is 2.90. The quantitative estimate of drug-likeness (QED) is 0.616. The first-order valence-electron chi connectivity index (χ1n) is 4.85. The van der Waals surface area contributed by atoms with Crippen molar-refractivity contribution in [2.24, 2.45) is 5.92 Å². The fourth-order valence-corrected chi connectivity index (χ4v) is 3.21. The lowest BCUT2D eigenvalue weighted by Crippen LogP contribution is -2.12. The van der Waals surface area contributed by atoms with Gasteiger partial charge in [-0.15, -0.1) is 11.3 Å². The van der Waals surface area contributed by atoms with Crippen LogP contribution in [0.25, 0.3) is 0 Å². The molecule has 1 aliphatic carbocycles. The van der Waals surface area contributed by atoms with Gasteiger partial charge < -0.3 is 0 Å². The van der Waals surface area contributed by atoms with Crippen LogP contribution in [-0.2, 0) is 6.42 Å². The summed E-state index contributed by atoms with van der Waals surface area (Å²) in [5.74, 6) is 1.67. The van der Waals surface area contributed by atoms with Gasteiger partial charge in [-0.3, -0.25) is 0 Å². The molecular weight excluding hydrogens is 164 g/mol. The zero-order chi connectivity index (χ0) is 8.55. The zero-order valence-corrected chi connectivity index (χ0v) is 8.66. The number of aryl methyl sites for hydroxylation is 1. The second-order valence-corrected chi connectivity index (χ2v) is 5.04. The summed E-state index contributed by atoms with van der Waals surface area (Å²) in [7, 11) is 0. The standard InChI is InChI=1S/C11H16S/c1-8(2)9-4-3-5-11-10(9)6-7-12-11/h6-9H,3-5H2,1-2H3. The van der Waals surface area contributed by atoms with Gasteiger partial charge in [0.05, 0.1) is 0 Å². The molecule has 0 nitrogen and oxygen atoms in total. The minimum atomic E-state index is 0.818. The van der Waals surface area contributed by atoms with E-state index in [1.165, 1.54) is 19.3 Å². The van der Waals surface area contributed by atoms with Crippen LogP contribution in [0.3, 0.4) is 0 Å². The topological polar surface area (TPSA) is 0 Å². The van der Waals surface area contributed by atoms with Crippen LogP contribution in [0.5, 0.6) is 0 Å². The summed E-state index contributed by atoms with van der Waals surface area (Å²) in [6.45, 7) is 4.69. The van der Waals surface area contributed by atoms with Gasteiger partial charge in [0, 0.05) is 4.88 Å². The molecule has 0 saturated carbocycles. The Balaban J connectivity index is 2.31. The van der Waals surface area contributed by atoms with Crippen molar-refractivity contribution in [1.82, 2.24) is 0 Å². The maximum Gasteiger partial charge on any atom is 0.00801 e. The normalized spacial score (nSPS) is 22.8. The van der Waals surface area contributed by atoms with E-state index in [9.17, 15) is 0 Å². The first-order valence-corrected chi connectivity index (χ1v) is 5.73. The van der Waals surface area contributed by atoms with E-state index in [0.717, 1.165) is 11.8 Å². The summed E-state index contributed by atoms with van der Waals surface area (Å²) in [5.41, 5.74) is 1.65. The van der Waals surface area contributed by atoms with Crippen molar-refractivity contribution in [3.05, 3.63) is 21.9 Å². The molecule has 0 fully saturated rings. The molecule has 0 aliphatic heterocycles. The molecule has 0 saturated heterocycles. The zero-order valence-electron chi connectivity index (χ0n) is 7.84. The summed E-state index contributed by atoms with van der Waals surface area (Å²) in [6, 6.07) is 2.34. The van der Waals surface area contributed by atoms with Crippen LogP contribution >= 0.6 is 11.3 Å². The molecule has 1 heteroatoms. The molecule has 2 rings (SSSR count). The van der Waals surface area contributed by atoms with Gasteiger partial charge in [0.15, 0.2) is 0 Å². The minimum absolute atomic E-state index is 0.818. The smallest absolute Gasteiger partial charge is 0.00801 e. The van der Waals surface area contributed by atoms with Crippen LogP contribution in [0.4, 0.5) is 0 Å². The fraction of sp³-hybridized carbons (Fsp3) is 0.636. The summed E-state index contributed by atoms with van der Waals surface area (Å²) < 4.78 is 0. The second-order valence-electron chi connectivity index (χ2n) is 4.04. The van der Waals surface area contributed by atoms with Crippen LogP contribution in [0.2, 0.25) is 0 Å². The highest BCUT2D eigenvalue weighted by atomic mass is 32.1. The Hall–Kier alpha value is -0.300. The average molecular weight is 180 g/mol. The van der Waals surface area contributed by atoms with Gasteiger partial charge in [-0.25, -0.2) is 0 Å². The Morgan fingerprint density at radius 2 is 2.33 bits per heavy atom. The Labute approximate surface area is 78.6 Å². The number of hydrogen-bond acceptors (Lipinski definition) is 1. The number of rotatable bonds is 1. The van der Waals surface area contributed by atoms with Crippen molar-refractivity contribution >= 4 is 11.3 Å². The molecule has 1 aliphatic rings. The van der Waals surface area contributed by atoms with Crippen LogP contribution < -0.4 is 0 Å². The molecule has 0 radical (unpaired) electrons. The molecule has 0 N–H and O–H groups in total. The molecule has 1 aromatic heterocycles. The highest BCUT2D eigenvalue weighted by Crippen LogP contribution is 2.38. The summed E-state index contributed by atoms with van der Waals surface area (Å²) in [6.07, 6.45) is 4.13. The Bertz CT molecular complexity index is 260. The molecular formula is C11H16S. The molecule has 0 aromatic carbocycles. The predicted octanol–water partition coefficient (Wildman–Crippen LogP) is 3.82. The van der Waals surface area contributed by atoms with E-state index in [-0.39, 0.29) is 0 Å². The molecule has 1 unspecified atom stereocenters. The van der Waals surface area contributed by atoms with Crippen LogP contribution in [0, 0.1) is 5.92 Å². The predicted molar refractivity (Wildman–Crippen MR) is 54.8 cm³/mol. The molecule has 0 amide bonds. The first kappa shape index (κ1) is 8.31. The summed E-state index contributed by atoms with van der Waals surface area (Å²) >= 11 is 1.95. The van der Waals surface area contributed by atoms with Gasteiger partial charge >= 0.3 is 0 Å². The van der Waals surface area contributed by atoms with E-state index in [1.807, 2.05) is 11.3 Å². The van der Waals surface area contributed by atoms with Crippen LogP contribution in [0.1, 0.15) is 43.0 Å². The lowest BCUT2D eigenvalue weighted by atomic mass is 9.80. The Morgan fingerprint density at radius 1 is 1.50 bits per heavy atom. The number of fused-ring (bicyclic) bond motifs is 1. The van der Waals surface area contributed by atoms with E-state index in [1.54, 1.807) is 10.4 Å². The van der Waals surface area contributed by atoms with Crippen molar-refractivity contribution in [2.45, 2.75) is 39.0 Å². The minimum Gasteiger partial charge on any atom is -0.149 e. The van der Waals surface area contributed by atoms with Gasteiger partial charge in [0.2, 0.25) is 0 Å². The number of thiophene rings is 1. The molecule has 1 aromatic rings. The van der Waals surface area contributed by atoms with Crippen molar-refractivity contribution in [3.63, 3.8) is 0 Å². The van der Waals surface area contributed by atoms with E-state index >= 15 is 0 Å². The molecule has 0 spiro atoms. The van der Waals surface area contributed by atoms with Crippen molar-refractivity contribution in [2.75, 3.05) is 0 Å². The molecule has 1 heterocycles.